The fourth-order valence-electron chi connectivity index (χ4n) is 2.38. The van der Waals surface area contributed by atoms with Gasteiger partial charge in [-0.05, 0) is 37.0 Å². The molecule has 2 N–H and O–H groups in total. The Morgan fingerprint density at radius 3 is 3.18 bits per heavy atom. The standard InChI is InChI=1S/C13H17N3O/c14-8-10-4-5-16-11(7-10)9-15-13(16)12-3-1-2-6-17-12/h4-5,7,9,12H,1-3,6,8,14H2. The summed E-state index contributed by atoms with van der Waals surface area (Å²) in [5, 5.41) is 0. The van der Waals surface area contributed by atoms with Gasteiger partial charge in [0.05, 0.1) is 11.7 Å². The predicted octanol–water partition coefficient (Wildman–Crippen LogP) is 2.03. The zero-order valence-corrected chi connectivity index (χ0v) is 9.80. The average molecular weight is 231 g/mol. The Morgan fingerprint density at radius 2 is 2.41 bits per heavy atom. The summed E-state index contributed by atoms with van der Waals surface area (Å²) in [6, 6.07) is 4.13. The Hall–Kier alpha value is -1.39. The van der Waals surface area contributed by atoms with Crippen LogP contribution in [-0.2, 0) is 11.3 Å². The fraction of sp³-hybridized carbons (Fsp3) is 0.462. The predicted molar refractivity (Wildman–Crippen MR) is 65.6 cm³/mol. The number of aromatic nitrogens is 2. The molecule has 0 bridgehead atoms. The molecule has 3 rings (SSSR count). The molecule has 17 heavy (non-hydrogen) atoms. The first-order chi connectivity index (χ1) is 8.38. The molecule has 90 valence electrons. The van der Waals surface area contributed by atoms with Gasteiger partial charge in [-0.15, -0.1) is 0 Å². The molecular weight excluding hydrogens is 214 g/mol. The van der Waals surface area contributed by atoms with E-state index in [4.69, 9.17) is 10.5 Å². The monoisotopic (exact) mass is 231 g/mol. The van der Waals surface area contributed by atoms with Gasteiger partial charge >= 0.3 is 0 Å². The van der Waals surface area contributed by atoms with Crippen LogP contribution in [0.15, 0.2) is 24.5 Å². The van der Waals surface area contributed by atoms with Crippen LogP contribution >= 0.6 is 0 Å². The number of ether oxygens (including phenoxy) is 1. The van der Waals surface area contributed by atoms with Gasteiger partial charge in [0, 0.05) is 19.3 Å². The van der Waals surface area contributed by atoms with Crippen molar-refractivity contribution in [1.82, 2.24) is 9.38 Å². The number of hydrogen-bond acceptors (Lipinski definition) is 3. The molecule has 0 aliphatic carbocycles. The van der Waals surface area contributed by atoms with Crippen LogP contribution in [0.4, 0.5) is 0 Å². The first-order valence-electron chi connectivity index (χ1n) is 6.16. The van der Waals surface area contributed by atoms with Gasteiger partial charge in [0.2, 0.25) is 0 Å². The largest absolute Gasteiger partial charge is 0.370 e. The highest BCUT2D eigenvalue weighted by Gasteiger charge is 2.20. The second-order valence-electron chi connectivity index (χ2n) is 4.51. The third kappa shape index (κ3) is 1.94. The van der Waals surface area contributed by atoms with Crippen molar-refractivity contribution in [2.24, 2.45) is 5.73 Å². The molecule has 1 unspecified atom stereocenters. The van der Waals surface area contributed by atoms with Crippen molar-refractivity contribution in [1.29, 1.82) is 0 Å². The Morgan fingerprint density at radius 1 is 1.47 bits per heavy atom. The SMILES string of the molecule is NCc1ccn2c(C3CCCCO3)ncc2c1. The second kappa shape index (κ2) is 4.47. The Kier molecular flexibility index (Phi) is 2.82. The van der Waals surface area contributed by atoms with E-state index in [2.05, 4.69) is 15.5 Å². The van der Waals surface area contributed by atoms with Crippen LogP contribution in [0, 0.1) is 0 Å². The van der Waals surface area contributed by atoms with Gasteiger partial charge in [-0.1, -0.05) is 0 Å². The molecule has 4 heteroatoms. The van der Waals surface area contributed by atoms with Gasteiger partial charge in [-0.3, -0.25) is 0 Å². The third-order valence-electron chi connectivity index (χ3n) is 3.33. The highest BCUT2D eigenvalue weighted by Crippen LogP contribution is 2.27. The maximum atomic E-state index is 5.78. The molecule has 4 nitrogen and oxygen atoms in total. The van der Waals surface area contributed by atoms with Gasteiger partial charge in [0.15, 0.2) is 0 Å². The van der Waals surface area contributed by atoms with Crippen LogP contribution in [0.25, 0.3) is 5.52 Å². The maximum Gasteiger partial charge on any atom is 0.142 e. The number of imidazole rings is 1. The van der Waals surface area contributed by atoms with Crippen molar-refractivity contribution < 1.29 is 4.74 Å². The lowest BCUT2D eigenvalue weighted by atomic mass is 10.1. The van der Waals surface area contributed by atoms with Crippen molar-refractivity contribution >= 4 is 5.52 Å². The van der Waals surface area contributed by atoms with Crippen molar-refractivity contribution in [3.63, 3.8) is 0 Å². The van der Waals surface area contributed by atoms with Crippen LogP contribution in [0.5, 0.6) is 0 Å². The molecule has 0 aromatic carbocycles. The molecule has 0 radical (unpaired) electrons. The minimum atomic E-state index is 0.148. The number of nitrogens with zero attached hydrogens (tertiary/aromatic N) is 2. The van der Waals surface area contributed by atoms with Gasteiger partial charge in [-0.2, -0.15) is 0 Å². The molecule has 3 heterocycles. The van der Waals surface area contributed by atoms with E-state index in [0.717, 1.165) is 36.4 Å². The minimum absolute atomic E-state index is 0.148. The summed E-state index contributed by atoms with van der Waals surface area (Å²) in [6.45, 7) is 1.41. The Balaban J connectivity index is 1.99. The zero-order valence-electron chi connectivity index (χ0n) is 9.80. The van der Waals surface area contributed by atoms with E-state index in [1.807, 2.05) is 18.5 Å². The molecule has 0 amide bonds. The van der Waals surface area contributed by atoms with Crippen molar-refractivity contribution in [2.75, 3.05) is 6.61 Å². The molecule has 0 saturated carbocycles. The lowest BCUT2D eigenvalue weighted by Crippen LogP contribution is -2.14. The molecule has 1 aliphatic heterocycles. The summed E-state index contributed by atoms with van der Waals surface area (Å²) in [4.78, 5) is 4.49. The van der Waals surface area contributed by atoms with Crippen molar-refractivity contribution in [3.05, 3.63) is 35.9 Å². The van der Waals surface area contributed by atoms with Crippen LogP contribution in [0.1, 0.15) is 36.8 Å². The molecule has 1 aliphatic rings. The van der Waals surface area contributed by atoms with Gasteiger partial charge in [0.25, 0.3) is 0 Å². The van der Waals surface area contributed by atoms with E-state index >= 15 is 0 Å². The van der Waals surface area contributed by atoms with E-state index in [1.165, 1.54) is 6.42 Å². The van der Waals surface area contributed by atoms with Crippen molar-refractivity contribution in [3.8, 4) is 0 Å². The highest BCUT2D eigenvalue weighted by molar-refractivity contribution is 5.48. The van der Waals surface area contributed by atoms with E-state index in [0.29, 0.717) is 6.54 Å². The summed E-state index contributed by atoms with van der Waals surface area (Å²) < 4.78 is 7.89. The third-order valence-corrected chi connectivity index (χ3v) is 3.33. The summed E-state index contributed by atoms with van der Waals surface area (Å²) in [7, 11) is 0. The number of hydrogen-bond donors (Lipinski definition) is 1. The first-order valence-corrected chi connectivity index (χ1v) is 6.16. The highest BCUT2D eigenvalue weighted by atomic mass is 16.5. The number of nitrogens with two attached hydrogens (primary N) is 1. The molecular formula is C13H17N3O. The number of pyridine rings is 1. The second-order valence-corrected chi connectivity index (χ2v) is 4.51. The molecule has 2 aromatic rings. The van der Waals surface area contributed by atoms with E-state index in [1.54, 1.807) is 0 Å². The summed E-state index contributed by atoms with van der Waals surface area (Å²) in [5.74, 6) is 1.02. The quantitative estimate of drug-likeness (QED) is 0.860. The molecule has 1 saturated heterocycles. The average Bonchev–Trinajstić information content (AvgIpc) is 2.82. The Bertz CT molecular complexity index is 514. The van der Waals surface area contributed by atoms with Crippen molar-refractivity contribution in [2.45, 2.75) is 31.9 Å². The van der Waals surface area contributed by atoms with E-state index in [-0.39, 0.29) is 6.10 Å². The van der Waals surface area contributed by atoms with Gasteiger partial charge in [0.1, 0.15) is 11.9 Å². The van der Waals surface area contributed by atoms with Crippen LogP contribution in [-0.4, -0.2) is 16.0 Å². The van der Waals surface area contributed by atoms with Gasteiger partial charge < -0.3 is 14.9 Å². The molecule has 0 spiro atoms. The fourth-order valence-corrected chi connectivity index (χ4v) is 2.38. The summed E-state index contributed by atoms with van der Waals surface area (Å²) in [5.41, 5.74) is 7.86. The van der Waals surface area contributed by atoms with E-state index < -0.39 is 0 Å². The lowest BCUT2D eigenvalue weighted by molar-refractivity contribution is 0.00915. The van der Waals surface area contributed by atoms with E-state index in [9.17, 15) is 0 Å². The topological polar surface area (TPSA) is 52.5 Å². The van der Waals surface area contributed by atoms with Crippen LogP contribution in [0.3, 0.4) is 0 Å². The zero-order chi connectivity index (χ0) is 11.7. The van der Waals surface area contributed by atoms with Crippen LogP contribution in [0.2, 0.25) is 0 Å². The number of fused-ring (bicyclic) bond motifs is 1. The molecule has 2 aromatic heterocycles. The first kappa shape index (κ1) is 10.7. The minimum Gasteiger partial charge on any atom is -0.370 e. The maximum absolute atomic E-state index is 5.78. The van der Waals surface area contributed by atoms with Gasteiger partial charge in [-0.25, -0.2) is 4.98 Å². The smallest absolute Gasteiger partial charge is 0.142 e. The molecule has 1 atom stereocenters. The summed E-state index contributed by atoms with van der Waals surface area (Å²) in [6.07, 6.45) is 7.54. The lowest BCUT2D eigenvalue weighted by Gasteiger charge is -2.21. The molecule has 1 fully saturated rings. The summed E-state index contributed by atoms with van der Waals surface area (Å²) >= 11 is 0. The number of rotatable bonds is 2. The normalized spacial score (nSPS) is 20.9. The van der Waals surface area contributed by atoms with Crippen LogP contribution < -0.4 is 5.73 Å². The Labute approximate surface area is 100 Å².